The van der Waals surface area contributed by atoms with Crippen LogP contribution in [0, 0.1) is 0 Å². The Kier molecular flexibility index (Phi) is 2.12. The second-order valence-corrected chi connectivity index (χ2v) is 3.69. The first-order valence-corrected chi connectivity index (χ1v) is 4.69. The largest absolute Gasteiger partial charge is 0.398 e. The van der Waals surface area contributed by atoms with Gasteiger partial charge in [0.25, 0.3) is 0 Å². The van der Waals surface area contributed by atoms with Crippen molar-refractivity contribution >= 4 is 27.6 Å². The quantitative estimate of drug-likeness (QED) is 0.670. The van der Waals surface area contributed by atoms with Crippen molar-refractivity contribution in [1.82, 2.24) is 15.2 Å². The van der Waals surface area contributed by atoms with Crippen molar-refractivity contribution in [2.45, 2.75) is 0 Å². The standard InChI is InChI=1S/C8H8BrN5/c9-4-1-2-6(10)5(3-4)7-12-8(11)14-13-7/h1-3H,10H2,(H3,11,12,13,14). The summed E-state index contributed by atoms with van der Waals surface area (Å²) in [7, 11) is 0. The number of H-pyrrole nitrogens is 1. The van der Waals surface area contributed by atoms with E-state index >= 15 is 0 Å². The minimum atomic E-state index is 0.208. The highest BCUT2D eigenvalue weighted by Crippen LogP contribution is 2.26. The zero-order valence-corrected chi connectivity index (χ0v) is 8.75. The molecular weight excluding hydrogens is 246 g/mol. The van der Waals surface area contributed by atoms with Gasteiger partial charge in [0.1, 0.15) is 0 Å². The number of aromatic amines is 1. The summed E-state index contributed by atoms with van der Waals surface area (Å²) in [6.07, 6.45) is 0. The molecule has 5 nitrogen and oxygen atoms in total. The zero-order chi connectivity index (χ0) is 10.1. The van der Waals surface area contributed by atoms with Crippen molar-refractivity contribution in [3.05, 3.63) is 22.7 Å². The van der Waals surface area contributed by atoms with Crippen LogP contribution in [0.2, 0.25) is 0 Å². The maximum atomic E-state index is 5.78. The number of nitrogens with zero attached hydrogens (tertiary/aromatic N) is 2. The monoisotopic (exact) mass is 253 g/mol. The van der Waals surface area contributed by atoms with Crippen molar-refractivity contribution in [3.8, 4) is 11.4 Å². The molecule has 0 saturated heterocycles. The smallest absolute Gasteiger partial charge is 0.239 e. The molecule has 1 heterocycles. The summed E-state index contributed by atoms with van der Waals surface area (Å²) in [4.78, 5) is 3.99. The molecule has 6 heteroatoms. The maximum absolute atomic E-state index is 5.78. The molecule has 5 N–H and O–H groups in total. The van der Waals surface area contributed by atoms with E-state index in [-0.39, 0.29) is 5.95 Å². The van der Waals surface area contributed by atoms with Gasteiger partial charge in [-0.2, -0.15) is 4.98 Å². The van der Waals surface area contributed by atoms with Gasteiger partial charge in [-0.3, -0.25) is 5.10 Å². The second kappa shape index (κ2) is 3.30. The summed E-state index contributed by atoms with van der Waals surface area (Å²) in [5.74, 6) is 0.778. The lowest BCUT2D eigenvalue weighted by Crippen LogP contribution is -1.91. The van der Waals surface area contributed by atoms with Gasteiger partial charge >= 0.3 is 0 Å². The van der Waals surface area contributed by atoms with Crippen LogP contribution in [0.4, 0.5) is 11.6 Å². The number of hydrogen-bond acceptors (Lipinski definition) is 4. The zero-order valence-electron chi connectivity index (χ0n) is 7.16. The van der Waals surface area contributed by atoms with Gasteiger partial charge in [-0.25, -0.2) is 0 Å². The Hall–Kier alpha value is -1.56. The van der Waals surface area contributed by atoms with Crippen molar-refractivity contribution < 1.29 is 0 Å². The number of benzene rings is 1. The summed E-state index contributed by atoms with van der Waals surface area (Å²) in [6, 6.07) is 5.51. The first kappa shape index (κ1) is 9.01. The predicted octanol–water partition coefficient (Wildman–Crippen LogP) is 1.40. The molecule has 1 aromatic heterocycles. The molecule has 0 aliphatic carbocycles. The van der Waals surface area contributed by atoms with Crippen LogP contribution in [0.5, 0.6) is 0 Å². The molecule has 0 spiro atoms. The molecule has 1 aromatic carbocycles. The fourth-order valence-corrected chi connectivity index (χ4v) is 1.49. The number of rotatable bonds is 1. The highest BCUT2D eigenvalue weighted by Gasteiger charge is 2.07. The van der Waals surface area contributed by atoms with Crippen LogP contribution in [0.3, 0.4) is 0 Å². The first-order valence-electron chi connectivity index (χ1n) is 3.90. The van der Waals surface area contributed by atoms with Gasteiger partial charge in [-0.15, -0.1) is 5.10 Å². The number of nitrogens with two attached hydrogens (primary N) is 2. The molecule has 0 fully saturated rings. The highest BCUT2D eigenvalue weighted by atomic mass is 79.9. The van der Waals surface area contributed by atoms with E-state index in [0.29, 0.717) is 11.5 Å². The van der Waals surface area contributed by atoms with Gasteiger partial charge in [-0.05, 0) is 18.2 Å². The topological polar surface area (TPSA) is 93.6 Å². The summed E-state index contributed by atoms with van der Waals surface area (Å²) in [5, 5.41) is 6.44. The van der Waals surface area contributed by atoms with E-state index in [2.05, 4.69) is 31.1 Å². The minimum Gasteiger partial charge on any atom is -0.398 e. The minimum absolute atomic E-state index is 0.208. The van der Waals surface area contributed by atoms with E-state index < -0.39 is 0 Å². The number of hydrogen-bond donors (Lipinski definition) is 3. The van der Waals surface area contributed by atoms with E-state index in [1.54, 1.807) is 6.07 Å². The lowest BCUT2D eigenvalue weighted by Gasteiger charge is -2.01. The van der Waals surface area contributed by atoms with E-state index in [4.69, 9.17) is 11.5 Å². The number of halogens is 1. The summed E-state index contributed by atoms with van der Waals surface area (Å²) in [6.45, 7) is 0. The third-order valence-corrected chi connectivity index (χ3v) is 2.27. The molecule has 14 heavy (non-hydrogen) atoms. The third-order valence-electron chi connectivity index (χ3n) is 1.77. The molecule has 0 amide bonds. The second-order valence-electron chi connectivity index (χ2n) is 2.77. The van der Waals surface area contributed by atoms with Gasteiger partial charge in [0.05, 0.1) is 0 Å². The van der Waals surface area contributed by atoms with Crippen molar-refractivity contribution in [2.24, 2.45) is 0 Å². The predicted molar refractivity (Wildman–Crippen MR) is 58.3 cm³/mol. The van der Waals surface area contributed by atoms with Gasteiger partial charge in [-0.1, -0.05) is 15.9 Å². The van der Waals surface area contributed by atoms with Crippen LogP contribution in [0.25, 0.3) is 11.4 Å². The molecule has 0 atom stereocenters. The van der Waals surface area contributed by atoms with Crippen LogP contribution in [0.15, 0.2) is 22.7 Å². The molecule has 2 aromatic rings. The van der Waals surface area contributed by atoms with Crippen molar-refractivity contribution in [3.63, 3.8) is 0 Å². The van der Waals surface area contributed by atoms with E-state index in [9.17, 15) is 0 Å². The van der Waals surface area contributed by atoms with Gasteiger partial charge in [0.15, 0.2) is 5.82 Å². The first-order chi connectivity index (χ1) is 6.66. The Balaban J connectivity index is 2.55. The number of aromatic nitrogens is 3. The third kappa shape index (κ3) is 1.56. The number of nitrogens with one attached hydrogen (secondary N) is 1. The normalized spacial score (nSPS) is 10.4. The molecule has 2 rings (SSSR count). The molecule has 72 valence electrons. The Bertz CT molecular complexity index is 465. The van der Waals surface area contributed by atoms with Crippen LogP contribution in [0.1, 0.15) is 0 Å². The summed E-state index contributed by atoms with van der Waals surface area (Å²) < 4.78 is 0.927. The molecule has 0 unspecified atom stereocenters. The van der Waals surface area contributed by atoms with Crippen LogP contribution < -0.4 is 11.5 Å². The SMILES string of the molecule is Nc1n[nH]c(-c2cc(Br)ccc2N)n1. The Morgan fingerprint density at radius 2 is 2.07 bits per heavy atom. The van der Waals surface area contributed by atoms with Crippen LogP contribution in [-0.4, -0.2) is 15.2 Å². The fraction of sp³-hybridized carbons (Fsp3) is 0. The van der Waals surface area contributed by atoms with Crippen molar-refractivity contribution in [2.75, 3.05) is 11.5 Å². The van der Waals surface area contributed by atoms with Gasteiger partial charge < -0.3 is 11.5 Å². The average Bonchev–Trinajstić information content (AvgIpc) is 2.56. The summed E-state index contributed by atoms with van der Waals surface area (Å²) in [5.41, 5.74) is 12.6. The Labute approximate surface area is 88.7 Å². The lowest BCUT2D eigenvalue weighted by atomic mass is 10.2. The average molecular weight is 254 g/mol. The number of anilines is 2. The molecule has 0 radical (unpaired) electrons. The molecular formula is C8H8BrN5. The van der Waals surface area contributed by atoms with E-state index in [1.165, 1.54) is 0 Å². The highest BCUT2D eigenvalue weighted by molar-refractivity contribution is 9.10. The fourth-order valence-electron chi connectivity index (χ4n) is 1.13. The molecule has 0 aliphatic rings. The van der Waals surface area contributed by atoms with Crippen molar-refractivity contribution in [1.29, 1.82) is 0 Å². The van der Waals surface area contributed by atoms with E-state index in [0.717, 1.165) is 10.0 Å². The molecule has 0 saturated carbocycles. The van der Waals surface area contributed by atoms with E-state index in [1.807, 2.05) is 12.1 Å². The Morgan fingerprint density at radius 1 is 1.29 bits per heavy atom. The van der Waals surface area contributed by atoms with Crippen LogP contribution in [-0.2, 0) is 0 Å². The van der Waals surface area contributed by atoms with Crippen LogP contribution >= 0.6 is 15.9 Å². The number of nitrogen functional groups attached to an aromatic ring is 2. The van der Waals surface area contributed by atoms with Gasteiger partial charge in [0.2, 0.25) is 5.95 Å². The molecule has 0 bridgehead atoms. The van der Waals surface area contributed by atoms with Gasteiger partial charge in [0, 0.05) is 15.7 Å². The summed E-state index contributed by atoms with van der Waals surface area (Å²) >= 11 is 3.35. The Morgan fingerprint density at radius 3 is 2.71 bits per heavy atom. The maximum Gasteiger partial charge on any atom is 0.239 e. The lowest BCUT2D eigenvalue weighted by molar-refractivity contribution is 1.10. The molecule has 0 aliphatic heterocycles.